The summed E-state index contributed by atoms with van der Waals surface area (Å²) in [6.07, 6.45) is 3.76. The normalized spacial score (nSPS) is 16.0. The maximum atomic E-state index is 6.06. The van der Waals surface area contributed by atoms with Crippen molar-refractivity contribution in [3.8, 4) is 5.75 Å². The molecule has 2 aromatic rings. The van der Waals surface area contributed by atoms with E-state index >= 15 is 0 Å². The third kappa shape index (κ3) is 2.25. The monoisotopic (exact) mass is 279 g/mol. The van der Waals surface area contributed by atoms with Crippen LogP contribution in [0.2, 0.25) is 0 Å². The molecule has 102 valence electrons. The van der Waals surface area contributed by atoms with Gasteiger partial charge in [0, 0.05) is 19.2 Å². The largest absolute Gasteiger partial charge is 0.497 e. The van der Waals surface area contributed by atoms with Crippen LogP contribution in [-0.4, -0.2) is 29.9 Å². The number of methoxy groups -OCH3 is 1. The predicted molar refractivity (Wildman–Crippen MR) is 77.6 cm³/mol. The van der Waals surface area contributed by atoms with Crippen molar-refractivity contribution in [2.24, 2.45) is 0 Å². The lowest BCUT2D eigenvalue weighted by Crippen LogP contribution is -2.39. The summed E-state index contributed by atoms with van der Waals surface area (Å²) in [6.45, 7) is 2.12. The first-order chi connectivity index (χ1) is 9.33. The minimum absolute atomic E-state index is 0.424. The van der Waals surface area contributed by atoms with Crippen LogP contribution in [0, 0.1) is 0 Å². The van der Waals surface area contributed by atoms with Gasteiger partial charge in [-0.3, -0.25) is 0 Å². The summed E-state index contributed by atoms with van der Waals surface area (Å²) in [5, 5.41) is 2.34. The summed E-state index contributed by atoms with van der Waals surface area (Å²) in [5.74, 6) is 2.19. The molecule has 1 aromatic carbocycles. The fourth-order valence-corrected chi connectivity index (χ4v) is 2.87. The second-order valence-corrected chi connectivity index (χ2v) is 5.11. The SMILES string of the molecule is COc1ccc2nc(CCl)n(N3CCCCC3)c2c1. The van der Waals surface area contributed by atoms with E-state index in [-0.39, 0.29) is 0 Å². The number of ether oxygens (including phenoxy) is 1. The van der Waals surface area contributed by atoms with E-state index in [9.17, 15) is 0 Å². The zero-order chi connectivity index (χ0) is 13.2. The van der Waals surface area contributed by atoms with Gasteiger partial charge in [0.1, 0.15) is 11.6 Å². The van der Waals surface area contributed by atoms with Crippen LogP contribution in [0.15, 0.2) is 18.2 Å². The average molecular weight is 280 g/mol. The maximum Gasteiger partial charge on any atom is 0.143 e. The van der Waals surface area contributed by atoms with Crippen molar-refractivity contribution in [3.05, 3.63) is 24.0 Å². The Labute approximate surface area is 117 Å². The number of halogens is 1. The van der Waals surface area contributed by atoms with Crippen molar-refractivity contribution in [2.75, 3.05) is 25.2 Å². The Morgan fingerprint density at radius 2 is 2.05 bits per heavy atom. The molecule has 1 aromatic heterocycles. The van der Waals surface area contributed by atoms with Crippen LogP contribution in [0.5, 0.6) is 5.75 Å². The minimum Gasteiger partial charge on any atom is -0.497 e. The molecule has 0 radical (unpaired) electrons. The molecule has 2 heterocycles. The molecule has 1 aliphatic heterocycles. The van der Waals surface area contributed by atoms with Crippen molar-refractivity contribution in [3.63, 3.8) is 0 Å². The molecule has 0 spiro atoms. The summed E-state index contributed by atoms with van der Waals surface area (Å²) in [5.41, 5.74) is 2.05. The molecule has 0 saturated carbocycles. The fraction of sp³-hybridized carbons (Fsp3) is 0.500. The molecular formula is C14H18ClN3O. The van der Waals surface area contributed by atoms with Gasteiger partial charge in [-0.1, -0.05) is 0 Å². The number of imidazole rings is 1. The zero-order valence-corrected chi connectivity index (χ0v) is 11.9. The van der Waals surface area contributed by atoms with Gasteiger partial charge in [-0.05, 0) is 31.4 Å². The van der Waals surface area contributed by atoms with E-state index in [0.717, 1.165) is 35.7 Å². The number of hydrogen-bond donors (Lipinski definition) is 0. The lowest BCUT2D eigenvalue weighted by Gasteiger charge is -2.31. The molecule has 1 aliphatic rings. The second kappa shape index (κ2) is 5.29. The van der Waals surface area contributed by atoms with Crippen molar-refractivity contribution in [2.45, 2.75) is 25.1 Å². The van der Waals surface area contributed by atoms with Crippen LogP contribution in [0.25, 0.3) is 11.0 Å². The summed E-state index contributed by atoms with van der Waals surface area (Å²) < 4.78 is 7.49. The molecule has 0 N–H and O–H groups in total. The average Bonchev–Trinajstić information content (AvgIpc) is 2.85. The summed E-state index contributed by atoms with van der Waals surface area (Å²) in [7, 11) is 1.69. The lowest BCUT2D eigenvalue weighted by molar-refractivity contribution is 0.415. The van der Waals surface area contributed by atoms with Gasteiger partial charge in [-0.2, -0.15) is 0 Å². The Kier molecular flexibility index (Phi) is 3.51. The van der Waals surface area contributed by atoms with Crippen LogP contribution in [0.1, 0.15) is 25.1 Å². The van der Waals surface area contributed by atoms with Gasteiger partial charge in [0.15, 0.2) is 0 Å². The lowest BCUT2D eigenvalue weighted by atomic mass is 10.2. The van der Waals surface area contributed by atoms with Gasteiger partial charge in [0.05, 0.1) is 24.0 Å². The highest BCUT2D eigenvalue weighted by molar-refractivity contribution is 6.16. The van der Waals surface area contributed by atoms with Crippen molar-refractivity contribution < 1.29 is 4.74 Å². The number of fused-ring (bicyclic) bond motifs is 1. The van der Waals surface area contributed by atoms with Crippen molar-refractivity contribution in [1.29, 1.82) is 0 Å². The highest BCUT2D eigenvalue weighted by Crippen LogP contribution is 2.24. The molecule has 0 amide bonds. The number of aromatic nitrogens is 2. The van der Waals surface area contributed by atoms with Crippen LogP contribution in [-0.2, 0) is 5.88 Å². The standard InChI is InChI=1S/C14H18ClN3O/c1-19-11-5-6-12-13(9-11)18(14(10-15)16-12)17-7-3-2-4-8-17/h5-6,9H,2-4,7-8,10H2,1H3. The maximum absolute atomic E-state index is 6.06. The van der Waals surface area contributed by atoms with Gasteiger partial charge in [-0.15, -0.1) is 11.6 Å². The number of piperidine rings is 1. The van der Waals surface area contributed by atoms with Gasteiger partial charge < -0.3 is 9.75 Å². The van der Waals surface area contributed by atoms with E-state index in [1.54, 1.807) is 7.11 Å². The zero-order valence-electron chi connectivity index (χ0n) is 11.1. The van der Waals surface area contributed by atoms with Crippen LogP contribution in [0.3, 0.4) is 0 Å². The number of rotatable bonds is 3. The highest BCUT2D eigenvalue weighted by Gasteiger charge is 2.18. The second-order valence-electron chi connectivity index (χ2n) is 4.84. The highest BCUT2D eigenvalue weighted by atomic mass is 35.5. The van der Waals surface area contributed by atoms with Crippen molar-refractivity contribution >= 4 is 22.6 Å². The van der Waals surface area contributed by atoms with E-state index in [1.165, 1.54) is 19.3 Å². The van der Waals surface area contributed by atoms with Crippen molar-refractivity contribution in [1.82, 2.24) is 9.66 Å². The Hall–Kier alpha value is -1.42. The fourth-order valence-electron chi connectivity index (χ4n) is 2.70. The predicted octanol–water partition coefficient (Wildman–Crippen LogP) is 2.91. The molecule has 1 fully saturated rings. The number of hydrogen-bond acceptors (Lipinski definition) is 3. The topological polar surface area (TPSA) is 30.3 Å². The molecule has 1 saturated heterocycles. The molecule has 19 heavy (non-hydrogen) atoms. The van der Waals surface area contributed by atoms with Crippen LogP contribution >= 0.6 is 11.6 Å². The summed E-state index contributed by atoms with van der Waals surface area (Å²) >= 11 is 6.06. The number of benzene rings is 1. The van der Waals surface area contributed by atoms with E-state index in [0.29, 0.717) is 5.88 Å². The first kappa shape index (κ1) is 12.6. The summed E-state index contributed by atoms with van der Waals surface area (Å²) in [4.78, 5) is 4.62. The van der Waals surface area contributed by atoms with Gasteiger partial charge in [0.25, 0.3) is 0 Å². The Bertz CT molecular complexity index is 575. The third-order valence-corrected chi connectivity index (χ3v) is 3.88. The van der Waals surface area contributed by atoms with E-state index in [1.807, 2.05) is 18.2 Å². The molecule has 0 aliphatic carbocycles. The van der Waals surface area contributed by atoms with Gasteiger partial charge >= 0.3 is 0 Å². The van der Waals surface area contributed by atoms with E-state index < -0.39 is 0 Å². The first-order valence-corrected chi connectivity index (χ1v) is 7.23. The summed E-state index contributed by atoms with van der Waals surface area (Å²) in [6, 6.07) is 5.96. The van der Waals surface area contributed by atoms with Gasteiger partial charge in [-0.25, -0.2) is 9.66 Å². The Morgan fingerprint density at radius 1 is 1.26 bits per heavy atom. The van der Waals surface area contributed by atoms with E-state index in [2.05, 4.69) is 14.7 Å². The smallest absolute Gasteiger partial charge is 0.143 e. The number of alkyl halides is 1. The van der Waals surface area contributed by atoms with Crippen LogP contribution < -0.4 is 9.75 Å². The first-order valence-electron chi connectivity index (χ1n) is 6.70. The molecule has 4 nitrogen and oxygen atoms in total. The minimum atomic E-state index is 0.424. The molecule has 3 rings (SSSR count). The van der Waals surface area contributed by atoms with Crippen LogP contribution in [0.4, 0.5) is 0 Å². The number of nitrogens with zero attached hydrogens (tertiary/aromatic N) is 3. The molecule has 0 unspecified atom stereocenters. The Balaban J connectivity index is 2.12. The Morgan fingerprint density at radius 3 is 2.74 bits per heavy atom. The quantitative estimate of drug-likeness (QED) is 0.810. The molecular weight excluding hydrogens is 262 g/mol. The molecule has 0 bridgehead atoms. The van der Waals surface area contributed by atoms with E-state index in [4.69, 9.17) is 16.3 Å². The molecule has 5 heteroatoms. The van der Waals surface area contributed by atoms with Gasteiger partial charge in [0.2, 0.25) is 0 Å². The molecule has 0 atom stereocenters. The third-order valence-electron chi connectivity index (χ3n) is 3.64.